The minimum Gasteiger partial charge on any atom is -0.313 e. The van der Waals surface area contributed by atoms with E-state index in [2.05, 4.69) is 55.2 Å². The van der Waals surface area contributed by atoms with Gasteiger partial charge in [-0.2, -0.15) is 0 Å². The van der Waals surface area contributed by atoms with Gasteiger partial charge < -0.3 is 5.32 Å². The van der Waals surface area contributed by atoms with Crippen molar-refractivity contribution in [2.75, 3.05) is 7.05 Å². The van der Waals surface area contributed by atoms with Crippen molar-refractivity contribution in [1.29, 1.82) is 0 Å². The van der Waals surface area contributed by atoms with Gasteiger partial charge in [0.15, 0.2) is 0 Å². The Morgan fingerprint density at radius 3 is 2.61 bits per heavy atom. The van der Waals surface area contributed by atoms with E-state index in [-0.39, 0.29) is 0 Å². The second-order valence-electron chi connectivity index (χ2n) is 5.58. The van der Waals surface area contributed by atoms with Gasteiger partial charge >= 0.3 is 0 Å². The maximum absolute atomic E-state index is 3.31. The summed E-state index contributed by atoms with van der Waals surface area (Å²) in [7, 11) is 2.02. The Kier molecular flexibility index (Phi) is 5.13. The van der Waals surface area contributed by atoms with E-state index in [1.54, 1.807) is 0 Å². The van der Waals surface area contributed by atoms with Crippen molar-refractivity contribution in [3.05, 3.63) is 29.8 Å². The van der Waals surface area contributed by atoms with Gasteiger partial charge in [0, 0.05) is 16.2 Å². The summed E-state index contributed by atoms with van der Waals surface area (Å²) in [6.45, 7) is 4.60. The lowest BCUT2D eigenvalue weighted by Crippen LogP contribution is -2.14. The molecule has 1 aromatic rings. The van der Waals surface area contributed by atoms with E-state index >= 15 is 0 Å². The van der Waals surface area contributed by atoms with Crippen LogP contribution in [0.2, 0.25) is 0 Å². The van der Waals surface area contributed by atoms with Crippen LogP contribution in [0.1, 0.15) is 51.1 Å². The van der Waals surface area contributed by atoms with Gasteiger partial charge in [-0.05, 0) is 63.3 Å². The van der Waals surface area contributed by atoms with Crippen molar-refractivity contribution in [1.82, 2.24) is 5.32 Å². The van der Waals surface area contributed by atoms with Crippen LogP contribution in [0.3, 0.4) is 0 Å². The molecule has 100 valence electrons. The Balaban J connectivity index is 1.96. The van der Waals surface area contributed by atoms with E-state index in [4.69, 9.17) is 0 Å². The van der Waals surface area contributed by atoms with Crippen LogP contribution in [0.5, 0.6) is 0 Å². The third-order valence-electron chi connectivity index (χ3n) is 4.06. The molecule has 0 aliphatic heterocycles. The molecule has 0 saturated heterocycles. The number of benzene rings is 1. The summed E-state index contributed by atoms with van der Waals surface area (Å²) in [6, 6.07) is 9.46. The van der Waals surface area contributed by atoms with Crippen molar-refractivity contribution >= 4 is 11.8 Å². The van der Waals surface area contributed by atoms with Crippen LogP contribution in [-0.2, 0) is 0 Å². The number of hydrogen-bond acceptors (Lipinski definition) is 2. The van der Waals surface area contributed by atoms with Crippen molar-refractivity contribution in [2.24, 2.45) is 5.92 Å². The molecule has 2 rings (SSSR count). The predicted molar refractivity (Wildman–Crippen MR) is 81.2 cm³/mol. The van der Waals surface area contributed by atoms with E-state index < -0.39 is 0 Å². The standard InChI is InChI=1S/C16H25NS/c1-12-7-9-15(10-8-12)18-16-6-4-5-14(11-16)13(2)17-3/h4-6,11-13,15,17H,7-10H2,1-3H3. The molecule has 18 heavy (non-hydrogen) atoms. The quantitative estimate of drug-likeness (QED) is 0.849. The Hall–Kier alpha value is -0.470. The third-order valence-corrected chi connectivity index (χ3v) is 5.39. The fourth-order valence-electron chi connectivity index (χ4n) is 2.56. The predicted octanol–water partition coefficient (Wildman–Crippen LogP) is 4.64. The summed E-state index contributed by atoms with van der Waals surface area (Å²) < 4.78 is 0. The second-order valence-corrected chi connectivity index (χ2v) is 6.96. The van der Waals surface area contributed by atoms with Gasteiger partial charge in [0.25, 0.3) is 0 Å². The monoisotopic (exact) mass is 263 g/mol. The van der Waals surface area contributed by atoms with Gasteiger partial charge in [0.2, 0.25) is 0 Å². The fraction of sp³-hybridized carbons (Fsp3) is 0.625. The van der Waals surface area contributed by atoms with E-state index in [0.717, 1.165) is 11.2 Å². The van der Waals surface area contributed by atoms with Gasteiger partial charge in [0.1, 0.15) is 0 Å². The normalized spacial score (nSPS) is 25.9. The molecule has 0 bridgehead atoms. The van der Waals surface area contributed by atoms with Crippen molar-refractivity contribution < 1.29 is 0 Å². The van der Waals surface area contributed by atoms with Crippen LogP contribution >= 0.6 is 11.8 Å². The first-order valence-corrected chi connectivity index (χ1v) is 8.01. The molecular formula is C16H25NS. The molecule has 1 aliphatic rings. The van der Waals surface area contributed by atoms with Crippen molar-refractivity contribution in [3.8, 4) is 0 Å². The molecule has 0 amide bonds. The zero-order valence-electron chi connectivity index (χ0n) is 11.8. The summed E-state index contributed by atoms with van der Waals surface area (Å²) in [6.07, 6.45) is 5.59. The lowest BCUT2D eigenvalue weighted by molar-refractivity contribution is 0.393. The van der Waals surface area contributed by atoms with Gasteiger partial charge in [-0.3, -0.25) is 0 Å². The van der Waals surface area contributed by atoms with Crippen molar-refractivity contribution in [3.63, 3.8) is 0 Å². The summed E-state index contributed by atoms with van der Waals surface area (Å²) in [4.78, 5) is 1.44. The molecule has 0 radical (unpaired) electrons. The zero-order chi connectivity index (χ0) is 13.0. The maximum Gasteiger partial charge on any atom is 0.0289 e. The van der Waals surface area contributed by atoms with Gasteiger partial charge in [-0.1, -0.05) is 19.1 Å². The van der Waals surface area contributed by atoms with Gasteiger partial charge in [0.05, 0.1) is 0 Å². The molecule has 1 N–H and O–H groups in total. The lowest BCUT2D eigenvalue weighted by Gasteiger charge is -2.25. The molecule has 1 aromatic carbocycles. The third kappa shape index (κ3) is 3.76. The van der Waals surface area contributed by atoms with Gasteiger partial charge in [-0.15, -0.1) is 11.8 Å². The Bertz CT molecular complexity index is 369. The average Bonchev–Trinajstić information content (AvgIpc) is 2.41. The van der Waals surface area contributed by atoms with Crippen LogP contribution < -0.4 is 5.32 Å². The summed E-state index contributed by atoms with van der Waals surface area (Å²) >= 11 is 2.08. The highest BCUT2D eigenvalue weighted by Gasteiger charge is 2.19. The second kappa shape index (κ2) is 6.63. The topological polar surface area (TPSA) is 12.0 Å². The lowest BCUT2D eigenvalue weighted by atomic mass is 9.91. The smallest absolute Gasteiger partial charge is 0.0289 e. The van der Waals surface area contributed by atoms with E-state index in [0.29, 0.717) is 6.04 Å². The average molecular weight is 263 g/mol. The Morgan fingerprint density at radius 1 is 1.22 bits per heavy atom. The Labute approximate surface area is 116 Å². The van der Waals surface area contributed by atoms with Crippen LogP contribution in [-0.4, -0.2) is 12.3 Å². The molecule has 1 saturated carbocycles. The van der Waals surface area contributed by atoms with Crippen LogP contribution in [0.15, 0.2) is 29.2 Å². The fourth-order valence-corrected chi connectivity index (χ4v) is 3.82. The number of rotatable bonds is 4. The minimum atomic E-state index is 0.442. The first-order chi connectivity index (χ1) is 8.69. The van der Waals surface area contributed by atoms with Crippen LogP contribution in [0.25, 0.3) is 0 Å². The van der Waals surface area contributed by atoms with E-state index in [1.165, 1.54) is 36.1 Å². The molecule has 1 nitrogen and oxygen atoms in total. The number of thioether (sulfide) groups is 1. The largest absolute Gasteiger partial charge is 0.313 e. The summed E-state index contributed by atoms with van der Waals surface area (Å²) in [5, 5.41) is 4.14. The van der Waals surface area contributed by atoms with Crippen LogP contribution in [0, 0.1) is 5.92 Å². The highest BCUT2D eigenvalue weighted by Crippen LogP contribution is 2.36. The highest BCUT2D eigenvalue weighted by atomic mass is 32.2. The minimum absolute atomic E-state index is 0.442. The molecular weight excluding hydrogens is 238 g/mol. The van der Waals surface area contributed by atoms with Crippen molar-refractivity contribution in [2.45, 2.75) is 55.7 Å². The number of hydrogen-bond donors (Lipinski definition) is 1. The first-order valence-electron chi connectivity index (χ1n) is 7.13. The molecule has 0 spiro atoms. The summed E-state index contributed by atoms with van der Waals surface area (Å²) in [5.41, 5.74) is 1.40. The summed E-state index contributed by atoms with van der Waals surface area (Å²) in [5.74, 6) is 0.942. The Morgan fingerprint density at radius 2 is 1.94 bits per heavy atom. The first kappa shape index (κ1) is 14.0. The molecule has 1 aliphatic carbocycles. The molecule has 0 heterocycles. The van der Waals surface area contributed by atoms with E-state index in [1.807, 2.05) is 7.05 Å². The molecule has 1 fully saturated rings. The zero-order valence-corrected chi connectivity index (χ0v) is 12.6. The molecule has 1 atom stereocenters. The molecule has 0 aromatic heterocycles. The van der Waals surface area contributed by atoms with E-state index in [9.17, 15) is 0 Å². The molecule has 2 heteroatoms. The maximum atomic E-state index is 3.31. The highest BCUT2D eigenvalue weighted by molar-refractivity contribution is 8.00. The molecule has 1 unspecified atom stereocenters. The van der Waals surface area contributed by atoms with Crippen LogP contribution in [0.4, 0.5) is 0 Å². The number of nitrogens with one attached hydrogen (secondary N) is 1. The van der Waals surface area contributed by atoms with Gasteiger partial charge in [-0.25, -0.2) is 0 Å². The SMILES string of the molecule is CNC(C)c1cccc(SC2CCC(C)CC2)c1.